The van der Waals surface area contributed by atoms with Crippen molar-refractivity contribution >= 4 is 11.8 Å². The highest BCUT2D eigenvalue weighted by Crippen LogP contribution is 2.54. The van der Waals surface area contributed by atoms with Crippen LogP contribution in [-0.4, -0.2) is 37.1 Å². The fourth-order valence-corrected chi connectivity index (χ4v) is 4.30. The van der Waals surface area contributed by atoms with Gasteiger partial charge < -0.3 is 19.8 Å². The van der Waals surface area contributed by atoms with E-state index in [9.17, 15) is 9.59 Å². The summed E-state index contributed by atoms with van der Waals surface area (Å²) in [5.74, 6) is 0.122. The molecule has 2 aliphatic rings. The molecule has 2 saturated carbocycles. The van der Waals surface area contributed by atoms with Crippen LogP contribution in [0.4, 0.5) is 0 Å². The molecule has 2 aliphatic carbocycles. The van der Waals surface area contributed by atoms with E-state index in [0.29, 0.717) is 31.3 Å². The molecule has 0 bridgehead atoms. The van der Waals surface area contributed by atoms with Gasteiger partial charge in [0, 0.05) is 31.0 Å². The normalized spacial score (nSPS) is 24.0. The quantitative estimate of drug-likeness (QED) is 0.708. The molecule has 2 N–H and O–H groups in total. The highest BCUT2D eigenvalue weighted by molar-refractivity contribution is 5.91. The molecule has 25 heavy (non-hydrogen) atoms. The van der Waals surface area contributed by atoms with Gasteiger partial charge in [-0.15, -0.1) is 0 Å². The lowest BCUT2D eigenvalue weighted by molar-refractivity contribution is -0.144. The predicted molar refractivity (Wildman–Crippen MR) is 93.1 cm³/mol. The van der Waals surface area contributed by atoms with Gasteiger partial charge in [-0.3, -0.25) is 9.59 Å². The molecular formula is C19H28N2O4. The minimum Gasteiger partial charge on any atom is -0.459 e. The second-order valence-corrected chi connectivity index (χ2v) is 7.08. The molecule has 0 unspecified atom stereocenters. The average Bonchev–Trinajstić information content (AvgIpc) is 3.30. The number of ether oxygens (including phenoxy) is 1. The van der Waals surface area contributed by atoms with Crippen LogP contribution in [0.1, 0.15) is 62.4 Å². The van der Waals surface area contributed by atoms with Crippen LogP contribution in [0.3, 0.4) is 0 Å². The van der Waals surface area contributed by atoms with Gasteiger partial charge in [0.25, 0.3) is 5.91 Å². The molecule has 1 aromatic rings. The third-order valence-corrected chi connectivity index (χ3v) is 5.63. The smallest absolute Gasteiger partial charge is 0.286 e. The first-order chi connectivity index (χ1) is 12.2. The zero-order chi connectivity index (χ0) is 17.7. The van der Waals surface area contributed by atoms with Crippen molar-refractivity contribution in [3.05, 3.63) is 24.2 Å². The van der Waals surface area contributed by atoms with Crippen LogP contribution in [0.25, 0.3) is 0 Å². The fraction of sp³-hybridized carbons (Fsp3) is 0.684. The molecule has 138 valence electrons. The zero-order valence-electron chi connectivity index (χ0n) is 14.9. The first-order valence-corrected chi connectivity index (χ1v) is 9.38. The van der Waals surface area contributed by atoms with Crippen LogP contribution in [0.2, 0.25) is 0 Å². The Bertz CT molecular complexity index is 578. The molecule has 6 nitrogen and oxygen atoms in total. The van der Waals surface area contributed by atoms with Crippen molar-refractivity contribution in [3.8, 4) is 0 Å². The van der Waals surface area contributed by atoms with E-state index in [-0.39, 0.29) is 23.3 Å². The molecular weight excluding hydrogens is 320 g/mol. The monoisotopic (exact) mass is 348 g/mol. The van der Waals surface area contributed by atoms with Gasteiger partial charge in [0.05, 0.1) is 12.4 Å². The Hall–Kier alpha value is -1.82. The summed E-state index contributed by atoms with van der Waals surface area (Å²) in [5, 5.41) is 5.96. The molecule has 1 heterocycles. The largest absolute Gasteiger partial charge is 0.459 e. The molecule has 0 aliphatic heterocycles. The first-order valence-electron chi connectivity index (χ1n) is 9.38. The van der Waals surface area contributed by atoms with E-state index in [2.05, 4.69) is 10.6 Å². The van der Waals surface area contributed by atoms with E-state index < -0.39 is 0 Å². The van der Waals surface area contributed by atoms with Crippen molar-refractivity contribution in [2.45, 2.75) is 64.0 Å². The van der Waals surface area contributed by atoms with Crippen LogP contribution >= 0.6 is 0 Å². The number of carbonyl (C=O) groups excluding carboxylic acids is 2. The van der Waals surface area contributed by atoms with Crippen LogP contribution < -0.4 is 10.6 Å². The van der Waals surface area contributed by atoms with E-state index in [1.807, 2.05) is 6.92 Å². The molecule has 1 spiro atoms. The van der Waals surface area contributed by atoms with Crippen LogP contribution in [0.5, 0.6) is 0 Å². The number of nitrogens with one attached hydrogen (secondary N) is 2. The van der Waals surface area contributed by atoms with Gasteiger partial charge in [-0.05, 0) is 44.7 Å². The van der Waals surface area contributed by atoms with Crippen LogP contribution in [0.15, 0.2) is 22.8 Å². The molecule has 2 fully saturated rings. The van der Waals surface area contributed by atoms with E-state index in [4.69, 9.17) is 9.15 Å². The number of carbonyl (C=O) groups is 2. The topological polar surface area (TPSA) is 80.6 Å². The average molecular weight is 348 g/mol. The maximum atomic E-state index is 12.2. The maximum Gasteiger partial charge on any atom is 0.286 e. The summed E-state index contributed by atoms with van der Waals surface area (Å²) < 4.78 is 10.9. The third-order valence-electron chi connectivity index (χ3n) is 5.63. The summed E-state index contributed by atoms with van der Waals surface area (Å²) in [7, 11) is 0. The molecule has 2 atom stereocenters. The maximum absolute atomic E-state index is 12.2. The third kappa shape index (κ3) is 3.89. The standard InChI is InChI=1S/C19H28N2O4/c1-2-24-16-13-15(19(16)9-3-4-10-19)21-17(22)8-5-11-20-18(23)14-7-6-12-25-14/h6-7,12,15-16H,2-5,8-11,13H2,1H3,(H,20,23)(H,21,22)/t15-,16-/m0/s1. The lowest BCUT2D eigenvalue weighted by Gasteiger charge is -2.54. The summed E-state index contributed by atoms with van der Waals surface area (Å²) in [6.45, 7) is 3.23. The summed E-state index contributed by atoms with van der Waals surface area (Å²) in [6.07, 6.45) is 8.51. The van der Waals surface area contributed by atoms with Crippen molar-refractivity contribution in [2.75, 3.05) is 13.2 Å². The van der Waals surface area contributed by atoms with Gasteiger partial charge in [0.2, 0.25) is 5.91 Å². The Labute approximate surface area is 148 Å². The molecule has 2 amide bonds. The highest BCUT2D eigenvalue weighted by atomic mass is 16.5. The molecule has 0 saturated heterocycles. The number of rotatable bonds is 8. The number of furan rings is 1. The lowest BCUT2D eigenvalue weighted by Crippen LogP contribution is -2.63. The summed E-state index contributed by atoms with van der Waals surface area (Å²) in [4.78, 5) is 24.0. The van der Waals surface area contributed by atoms with Crippen LogP contribution in [-0.2, 0) is 9.53 Å². The Morgan fingerprint density at radius 3 is 2.84 bits per heavy atom. The molecule has 6 heteroatoms. The minimum atomic E-state index is -0.242. The summed E-state index contributed by atoms with van der Waals surface area (Å²) >= 11 is 0. The van der Waals surface area contributed by atoms with Gasteiger partial charge >= 0.3 is 0 Å². The van der Waals surface area contributed by atoms with Gasteiger partial charge in [-0.1, -0.05) is 12.8 Å². The van der Waals surface area contributed by atoms with Gasteiger partial charge in [0.15, 0.2) is 5.76 Å². The minimum absolute atomic E-state index is 0.0680. The molecule has 0 radical (unpaired) electrons. The van der Waals surface area contributed by atoms with Crippen molar-refractivity contribution < 1.29 is 18.7 Å². The van der Waals surface area contributed by atoms with E-state index >= 15 is 0 Å². The Morgan fingerprint density at radius 1 is 1.36 bits per heavy atom. The van der Waals surface area contributed by atoms with E-state index in [0.717, 1.165) is 25.9 Å². The van der Waals surface area contributed by atoms with Gasteiger partial charge in [-0.2, -0.15) is 0 Å². The summed E-state index contributed by atoms with van der Waals surface area (Å²) in [5.41, 5.74) is 0.166. The predicted octanol–water partition coefficient (Wildman–Crippen LogP) is 2.64. The lowest BCUT2D eigenvalue weighted by atomic mass is 9.60. The molecule has 3 rings (SSSR count). The molecule has 0 aromatic carbocycles. The van der Waals surface area contributed by atoms with E-state index in [1.165, 1.54) is 19.1 Å². The Kier molecular flexibility index (Phi) is 5.78. The highest BCUT2D eigenvalue weighted by Gasteiger charge is 2.57. The Balaban J connectivity index is 1.37. The van der Waals surface area contributed by atoms with E-state index in [1.54, 1.807) is 12.1 Å². The van der Waals surface area contributed by atoms with Crippen molar-refractivity contribution in [1.29, 1.82) is 0 Å². The second kappa shape index (κ2) is 8.04. The number of hydrogen-bond acceptors (Lipinski definition) is 4. The van der Waals surface area contributed by atoms with Crippen molar-refractivity contribution in [1.82, 2.24) is 10.6 Å². The van der Waals surface area contributed by atoms with Gasteiger partial charge in [-0.25, -0.2) is 0 Å². The van der Waals surface area contributed by atoms with Crippen molar-refractivity contribution in [2.24, 2.45) is 5.41 Å². The van der Waals surface area contributed by atoms with Crippen LogP contribution in [0, 0.1) is 5.41 Å². The number of hydrogen-bond donors (Lipinski definition) is 2. The fourth-order valence-electron chi connectivity index (χ4n) is 4.30. The molecule has 1 aromatic heterocycles. The first kappa shape index (κ1) is 18.0. The number of amides is 2. The Morgan fingerprint density at radius 2 is 2.16 bits per heavy atom. The van der Waals surface area contributed by atoms with Gasteiger partial charge in [0.1, 0.15) is 0 Å². The zero-order valence-corrected chi connectivity index (χ0v) is 14.9. The SMILES string of the molecule is CCO[C@H]1C[C@H](NC(=O)CCCNC(=O)c2ccco2)C12CCCC2. The van der Waals surface area contributed by atoms with Crippen molar-refractivity contribution in [3.63, 3.8) is 0 Å². The summed E-state index contributed by atoms with van der Waals surface area (Å²) in [6, 6.07) is 3.54. The second-order valence-electron chi connectivity index (χ2n) is 7.08.